The summed E-state index contributed by atoms with van der Waals surface area (Å²) in [5.74, 6) is 0.974. The fourth-order valence-corrected chi connectivity index (χ4v) is 2.20. The Balaban J connectivity index is 2.16. The molecule has 2 rings (SSSR count). The zero-order valence-electron chi connectivity index (χ0n) is 11.8. The molecule has 2 aromatic rings. The van der Waals surface area contributed by atoms with E-state index in [0.717, 1.165) is 11.6 Å². The molecule has 0 amide bonds. The zero-order valence-corrected chi connectivity index (χ0v) is 12.6. The highest BCUT2D eigenvalue weighted by molar-refractivity contribution is 7.09. The molecule has 0 aromatic carbocycles. The number of thiazole rings is 1. The molecule has 0 saturated heterocycles. The SMILES string of the molecule is CCNc1nc(NC(C)c2nccs2)nc(OCC)n1. The highest BCUT2D eigenvalue weighted by Crippen LogP contribution is 2.20. The smallest absolute Gasteiger partial charge is 0.323 e. The summed E-state index contributed by atoms with van der Waals surface area (Å²) >= 11 is 1.59. The summed E-state index contributed by atoms with van der Waals surface area (Å²) in [6.07, 6.45) is 1.78. The number of hydrogen-bond donors (Lipinski definition) is 2. The molecule has 8 heteroatoms. The molecule has 0 aliphatic carbocycles. The molecule has 20 heavy (non-hydrogen) atoms. The van der Waals surface area contributed by atoms with Gasteiger partial charge in [-0.05, 0) is 20.8 Å². The van der Waals surface area contributed by atoms with E-state index < -0.39 is 0 Å². The average molecular weight is 294 g/mol. The molecule has 0 spiro atoms. The molecule has 0 bridgehead atoms. The van der Waals surface area contributed by atoms with E-state index in [1.807, 2.05) is 26.2 Å². The second kappa shape index (κ2) is 6.99. The largest absolute Gasteiger partial charge is 0.464 e. The van der Waals surface area contributed by atoms with Gasteiger partial charge in [0.25, 0.3) is 0 Å². The molecule has 0 radical (unpaired) electrons. The van der Waals surface area contributed by atoms with Crippen LogP contribution in [0.5, 0.6) is 6.01 Å². The van der Waals surface area contributed by atoms with E-state index >= 15 is 0 Å². The molecule has 108 valence electrons. The van der Waals surface area contributed by atoms with Gasteiger partial charge in [-0.2, -0.15) is 15.0 Å². The molecule has 0 saturated carbocycles. The summed E-state index contributed by atoms with van der Waals surface area (Å²) < 4.78 is 5.35. The Labute approximate surface area is 121 Å². The second-order valence-electron chi connectivity index (χ2n) is 3.96. The fourth-order valence-electron chi connectivity index (χ4n) is 1.56. The molecule has 2 N–H and O–H groups in total. The van der Waals surface area contributed by atoms with Crippen molar-refractivity contribution >= 4 is 23.2 Å². The van der Waals surface area contributed by atoms with E-state index in [9.17, 15) is 0 Å². The first kappa shape index (κ1) is 14.4. The van der Waals surface area contributed by atoms with Gasteiger partial charge in [-0.1, -0.05) is 0 Å². The minimum Gasteiger partial charge on any atom is -0.464 e. The van der Waals surface area contributed by atoms with E-state index in [1.165, 1.54) is 0 Å². The summed E-state index contributed by atoms with van der Waals surface area (Å²) in [6, 6.07) is 0.341. The van der Waals surface area contributed by atoms with Crippen molar-refractivity contribution < 1.29 is 4.74 Å². The van der Waals surface area contributed by atoms with Gasteiger partial charge < -0.3 is 15.4 Å². The van der Waals surface area contributed by atoms with E-state index in [-0.39, 0.29) is 6.04 Å². The number of anilines is 2. The van der Waals surface area contributed by atoms with Crippen LogP contribution in [-0.2, 0) is 0 Å². The number of rotatable bonds is 7. The lowest BCUT2D eigenvalue weighted by Gasteiger charge is -2.13. The lowest BCUT2D eigenvalue weighted by molar-refractivity contribution is 0.312. The van der Waals surface area contributed by atoms with Crippen molar-refractivity contribution in [3.8, 4) is 6.01 Å². The molecule has 2 aromatic heterocycles. The number of nitrogens with one attached hydrogen (secondary N) is 2. The predicted octanol–water partition coefficient (Wildman–Crippen LogP) is 2.33. The first-order valence-corrected chi connectivity index (χ1v) is 7.39. The summed E-state index contributed by atoms with van der Waals surface area (Å²) in [6.45, 7) is 7.13. The maximum absolute atomic E-state index is 5.35. The van der Waals surface area contributed by atoms with Crippen LogP contribution in [0.2, 0.25) is 0 Å². The van der Waals surface area contributed by atoms with Gasteiger partial charge in [0.1, 0.15) is 5.01 Å². The van der Waals surface area contributed by atoms with Gasteiger partial charge in [-0.3, -0.25) is 0 Å². The summed E-state index contributed by atoms with van der Waals surface area (Å²) in [7, 11) is 0. The first-order chi connectivity index (χ1) is 9.72. The van der Waals surface area contributed by atoms with Crippen LogP contribution in [0, 0.1) is 0 Å². The van der Waals surface area contributed by atoms with Crippen LogP contribution >= 0.6 is 11.3 Å². The van der Waals surface area contributed by atoms with Crippen molar-refractivity contribution in [1.29, 1.82) is 0 Å². The molecule has 7 nitrogen and oxygen atoms in total. The monoisotopic (exact) mass is 294 g/mol. The van der Waals surface area contributed by atoms with Crippen LogP contribution < -0.4 is 15.4 Å². The fraction of sp³-hybridized carbons (Fsp3) is 0.500. The van der Waals surface area contributed by atoms with Gasteiger partial charge >= 0.3 is 6.01 Å². The quantitative estimate of drug-likeness (QED) is 0.810. The highest BCUT2D eigenvalue weighted by Gasteiger charge is 2.12. The zero-order chi connectivity index (χ0) is 14.4. The summed E-state index contributed by atoms with van der Waals surface area (Å²) in [5.41, 5.74) is 0. The second-order valence-corrected chi connectivity index (χ2v) is 4.89. The summed E-state index contributed by atoms with van der Waals surface area (Å²) in [5, 5.41) is 9.19. The highest BCUT2D eigenvalue weighted by atomic mass is 32.1. The van der Waals surface area contributed by atoms with Crippen molar-refractivity contribution in [1.82, 2.24) is 19.9 Å². The van der Waals surface area contributed by atoms with Crippen LogP contribution in [0.1, 0.15) is 31.8 Å². The Morgan fingerprint density at radius 2 is 2.05 bits per heavy atom. The third-order valence-electron chi connectivity index (χ3n) is 2.39. The molecule has 0 aliphatic rings. The third kappa shape index (κ3) is 3.77. The van der Waals surface area contributed by atoms with Gasteiger partial charge in [0.15, 0.2) is 0 Å². The Kier molecular flexibility index (Phi) is 5.05. The van der Waals surface area contributed by atoms with Crippen LogP contribution in [-0.4, -0.2) is 33.1 Å². The van der Waals surface area contributed by atoms with Crippen LogP contribution in [0.25, 0.3) is 0 Å². The van der Waals surface area contributed by atoms with E-state index in [2.05, 4.69) is 30.6 Å². The van der Waals surface area contributed by atoms with Crippen LogP contribution in [0.4, 0.5) is 11.9 Å². The topological polar surface area (TPSA) is 84.9 Å². The van der Waals surface area contributed by atoms with Crippen molar-refractivity contribution in [3.63, 3.8) is 0 Å². The van der Waals surface area contributed by atoms with Crippen LogP contribution in [0.15, 0.2) is 11.6 Å². The number of ether oxygens (including phenoxy) is 1. The number of aromatic nitrogens is 4. The van der Waals surface area contributed by atoms with E-state index in [1.54, 1.807) is 17.5 Å². The minimum absolute atomic E-state index is 0.0290. The Morgan fingerprint density at radius 3 is 2.70 bits per heavy atom. The lowest BCUT2D eigenvalue weighted by Crippen LogP contribution is -2.13. The molecular formula is C12H18N6OS. The minimum atomic E-state index is 0.0290. The van der Waals surface area contributed by atoms with Gasteiger partial charge in [0.05, 0.1) is 12.6 Å². The van der Waals surface area contributed by atoms with Crippen molar-refractivity contribution in [2.75, 3.05) is 23.8 Å². The van der Waals surface area contributed by atoms with E-state index in [4.69, 9.17) is 4.74 Å². The lowest BCUT2D eigenvalue weighted by atomic mass is 10.4. The van der Waals surface area contributed by atoms with Gasteiger partial charge in [0.2, 0.25) is 11.9 Å². The first-order valence-electron chi connectivity index (χ1n) is 6.51. The van der Waals surface area contributed by atoms with Crippen LogP contribution in [0.3, 0.4) is 0 Å². The molecule has 1 atom stereocenters. The summed E-state index contributed by atoms with van der Waals surface area (Å²) in [4.78, 5) is 17.0. The van der Waals surface area contributed by atoms with E-state index in [0.29, 0.717) is 24.5 Å². The van der Waals surface area contributed by atoms with Crippen molar-refractivity contribution in [3.05, 3.63) is 16.6 Å². The van der Waals surface area contributed by atoms with Crippen molar-refractivity contribution in [2.24, 2.45) is 0 Å². The molecule has 2 heterocycles. The third-order valence-corrected chi connectivity index (χ3v) is 3.35. The number of nitrogens with zero attached hydrogens (tertiary/aromatic N) is 4. The Morgan fingerprint density at radius 1 is 1.25 bits per heavy atom. The Bertz CT molecular complexity index is 508. The molecule has 1 unspecified atom stereocenters. The maximum atomic E-state index is 5.35. The van der Waals surface area contributed by atoms with Gasteiger partial charge in [-0.25, -0.2) is 4.98 Å². The predicted molar refractivity (Wildman–Crippen MR) is 79.3 cm³/mol. The standard InChI is InChI=1S/C12H18N6OS/c1-4-13-10-16-11(18-12(17-10)19-5-2)15-8(3)9-14-6-7-20-9/h6-8H,4-5H2,1-3H3,(H2,13,15,16,17,18). The van der Waals surface area contributed by atoms with Crippen molar-refractivity contribution in [2.45, 2.75) is 26.8 Å². The van der Waals surface area contributed by atoms with Gasteiger partial charge in [-0.15, -0.1) is 11.3 Å². The normalized spacial score (nSPS) is 11.9. The molecule has 0 aliphatic heterocycles. The Hall–Kier alpha value is -1.96. The number of hydrogen-bond acceptors (Lipinski definition) is 8. The molecular weight excluding hydrogens is 276 g/mol. The maximum Gasteiger partial charge on any atom is 0.323 e. The van der Waals surface area contributed by atoms with Gasteiger partial charge in [0, 0.05) is 18.1 Å². The molecule has 0 fully saturated rings. The average Bonchev–Trinajstić information content (AvgIpc) is 2.93.